The zero-order valence-corrected chi connectivity index (χ0v) is 37.5. The number of carbonyl (C=O) groups is 4. The molecular formula is C48H62F3N5O10. The van der Waals surface area contributed by atoms with Gasteiger partial charge in [-0.1, -0.05) is 55.7 Å². The molecule has 15 nitrogen and oxygen atoms in total. The monoisotopic (exact) mass is 925 g/mol. The summed E-state index contributed by atoms with van der Waals surface area (Å²) in [5.74, 6) is -1.66. The van der Waals surface area contributed by atoms with Crippen LogP contribution in [-0.2, 0) is 43.2 Å². The minimum absolute atomic E-state index is 0.00557. The molecule has 3 amide bonds. The summed E-state index contributed by atoms with van der Waals surface area (Å²) in [4.78, 5) is 54.0. The van der Waals surface area contributed by atoms with Gasteiger partial charge in [-0.3, -0.25) is 19.3 Å². The molecule has 0 unspecified atom stereocenters. The molecule has 0 atom stereocenters. The molecule has 0 aromatic heterocycles. The van der Waals surface area contributed by atoms with Gasteiger partial charge in [-0.25, -0.2) is 4.79 Å². The molecule has 0 radical (unpaired) electrons. The van der Waals surface area contributed by atoms with Crippen LogP contribution >= 0.6 is 0 Å². The third kappa shape index (κ3) is 14.3. The van der Waals surface area contributed by atoms with Crippen LogP contribution in [0, 0.1) is 0 Å². The van der Waals surface area contributed by atoms with Crippen molar-refractivity contribution in [2.75, 3.05) is 84.7 Å². The predicted molar refractivity (Wildman–Crippen MR) is 239 cm³/mol. The van der Waals surface area contributed by atoms with E-state index in [4.69, 9.17) is 28.8 Å². The van der Waals surface area contributed by atoms with Crippen molar-refractivity contribution >= 4 is 29.4 Å². The summed E-state index contributed by atoms with van der Waals surface area (Å²) in [6.07, 6.45) is 4.12. The first-order valence-corrected chi connectivity index (χ1v) is 22.8. The number of benzene rings is 3. The van der Waals surface area contributed by atoms with Gasteiger partial charge in [-0.15, -0.1) is 0 Å². The number of carbonyl (C=O) groups excluding carboxylic acids is 3. The fraction of sp³-hybridized carbons (Fsp3) is 0.542. The first kappa shape index (κ1) is 50.0. The minimum Gasteiger partial charge on any atom is -0.506 e. The van der Waals surface area contributed by atoms with Crippen LogP contribution in [0.1, 0.15) is 78.4 Å². The summed E-state index contributed by atoms with van der Waals surface area (Å²) in [5, 5.41) is 23.5. The number of nitrogens with one attached hydrogen (secondary N) is 2. The highest BCUT2D eigenvalue weighted by Gasteiger charge is 2.41. The van der Waals surface area contributed by atoms with E-state index < -0.39 is 12.1 Å². The van der Waals surface area contributed by atoms with Crippen LogP contribution in [0.3, 0.4) is 0 Å². The number of amides is 3. The van der Waals surface area contributed by atoms with Crippen LogP contribution in [-0.4, -0.2) is 146 Å². The first-order chi connectivity index (χ1) is 31.7. The number of hydrogen-bond donors (Lipinski definition) is 4. The second-order valence-corrected chi connectivity index (χ2v) is 17.2. The molecule has 0 bridgehead atoms. The number of alkyl halides is 3. The Kier molecular flexibility index (Phi) is 18.1. The fourth-order valence-electron chi connectivity index (χ4n) is 8.98. The van der Waals surface area contributed by atoms with E-state index in [9.17, 15) is 32.7 Å². The summed E-state index contributed by atoms with van der Waals surface area (Å²) in [7, 11) is 1.61. The molecule has 7 rings (SSSR count). The lowest BCUT2D eigenvalue weighted by molar-refractivity contribution is -0.192. The second kappa shape index (κ2) is 23.8. The van der Waals surface area contributed by atoms with Gasteiger partial charge in [0.05, 0.1) is 45.5 Å². The number of carboxylic acid groups (broad SMARTS) is 1. The zero-order chi connectivity index (χ0) is 47.1. The van der Waals surface area contributed by atoms with Gasteiger partial charge in [-0.05, 0) is 86.0 Å². The largest absolute Gasteiger partial charge is 0.506 e. The number of ether oxygens (including phenoxy) is 4. The van der Waals surface area contributed by atoms with Crippen LogP contribution in [0.4, 0.5) is 18.9 Å². The lowest BCUT2D eigenvalue weighted by atomic mass is 9.88. The number of morpholine rings is 1. The van der Waals surface area contributed by atoms with Gasteiger partial charge >= 0.3 is 12.1 Å². The Morgan fingerprint density at radius 3 is 2.44 bits per heavy atom. The average Bonchev–Trinajstić information content (AvgIpc) is 3.31. The van der Waals surface area contributed by atoms with Crippen molar-refractivity contribution in [1.29, 1.82) is 0 Å². The zero-order valence-electron chi connectivity index (χ0n) is 37.5. The van der Waals surface area contributed by atoms with Gasteiger partial charge in [0.2, 0.25) is 5.91 Å². The van der Waals surface area contributed by atoms with Crippen LogP contribution < -0.4 is 20.1 Å². The Morgan fingerprint density at radius 1 is 0.955 bits per heavy atom. The Labute approximate surface area is 383 Å². The van der Waals surface area contributed by atoms with Crippen LogP contribution in [0.15, 0.2) is 60.7 Å². The maximum absolute atomic E-state index is 13.5. The Morgan fingerprint density at radius 2 is 1.70 bits per heavy atom. The summed E-state index contributed by atoms with van der Waals surface area (Å²) in [6.45, 7) is 7.34. The van der Waals surface area contributed by atoms with Crippen molar-refractivity contribution in [3.63, 3.8) is 0 Å². The van der Waals surface area contributed by atoms with Crippen molar-refractivity contribution in [3.8, 4) is 17.2 Å². The van der Waals surface area contributed by atoms with Crippen LogP contribution in [0.5, 0.6) is 17.2 Å². The molecule has 4 N–H and O–H groups in total. The molecule has 1 saturated carbocycles. The molecule has 1 aliphatic carbocycles. The normalized spacial score (nSPS) is 17.5. The molecule has 3 aromatic rings. The van der Waals surface area contributed by atoms with E-state index in [2.05, 4.69) is 44.7 Å². The third-order valence-electron chi connectivity index (χ3n) is 12.5. The number of fused-ring (bicyclic) bond motifs is 1. The molecule has 3 fully saturated rings. The molecule has 1 spiro atoms. The number of hydrogen-bond acceptors (Lipinski definition) is 11. The van der Waals surface area contributed by atoms with Gasteiger partial charge in [0, 0.05) is 50.9 Å². The number of carboxylic acids is 1. The van der Waals surface area contributed by atoms with Crippen LogP contribution in [0.2, 0.25) is 0 Å². The summed E-state index contributed by atoms with van der Waals surface area (Å²) in [5.41, 5.74) is 4.08. The third-order valence-corrected chi connectivity index (χ3v) is 12.5. The van der Waals surface area contributed by atoms with E-state index in [1.165, 1.54) is 17.5 Å². The quantitative estimate of drug-likeness (QED) is 0.0945. The average molecular weight is 926 g/mol. The first-order valence-electron chi connectivity index (χ1n) is 22.8. The molecule has 3 aromatic carbocycles. The minimum atomic E-state index is -5.08. The van der Waals surface area contributed by atoms with Crippen molar-refractivity contribution in [3.05, 3.63) is 82.9 Å². The Bertz CT molecular complexity index is 2110. The lowest BCUT2D eigenvalue weighted by Crippen LogP contribution is -2.57. The molecule has 66 heavy (non-hydrogen) atoms. The highest BCUT2D eigenvalue weighted by Crippen LogP contribution is 2.39. The van der Waals surface area contributed by atoms with Crippen molar-refractivity contribution in [1.82, 2.24) is 20.0 Å². The topological polar surface area (TPSA) is 179 Å². The number of anilines is 1. The Balaban J connectivity index is 0.000000952. The van der Waals surface area contributed by atoms with E-state index in [1.54, 1.807) is 19.2 Å². The molecule has 4 aliphatic rings. The number of piperidine rings is 1. The van der Waals surface area contributed by atoms with E-state index in [-0.39, 0.29) is 41.7 Å². The van der Waals surface area contributed by atoms with Gasteiger partial charge in [0.25, 0.3) is 11.8 Å². The molecule has 2 saturated heterocycles. The maximum atomic E-state index is 13.5. The molecule has 360 valence electrons. The number of rotatable bonds is 17. The number of aliphatic carboxylic acids is 1. The van der Waals surface area contributed by atoms with Gasteiger partial charge in [0.15, 0.2) is 12.4 Å². The van der Waals surface area contributed by atoms with Crippen molar-refractivity contribution < 1.29 is 61.5 Å². The number of phenols is 1. The molecule has 3 aliphatic heterocycles. The van der Waals surface area contributed by atoms with Gasteiger partial charge in [0.1, 0.15) is 17.2 Å². The highest BCUT2D eigenvalue weighted by atomic mass is 19.4. The summed E-state index contributed by atoms with van der Waals surface area (Å²) >= 11 is 0. The SMILES string of the molecule is COc1cccc(C(=O)N2CCOC3(CCN(Cc4cccc(CCOCCC(=O)N(CCNCCc5ccc(O)c6c5OCC(=O)N6)C5CCCCC5)c4)CC3)C2)c1.O=C(O)C(F)(F)F. The predicted octanol–water partition coefficient (Wildman–Crippen LogP) is 5.82. The molecule has 18 heteroatoms. The van der Waals surface area contributed by atoms with Crippen LogP contribution in [0.25, 0.3) is 0 Å². The van der Waals surface area contributed by atoms with E-state index in [0.717, 1.165) is 70.1 Å². The van der Waals surface area contributed by atoms with Crippen molar-refractivity contribution in [2.45, 2.75) is 88.6 Å². The second-order valence-electron chi connectivity index (χ2n) is 17.2. The van der Waals surface area contributed by atoms with E-state index in [0.29, 0.717) is 88.1 Å². The molecule has 3 heterocycles. The smallest absolute Gasteiger partial charge is 0.490 e. The number of aromatic hydroxyl groups is 1. The number of halogens is 3. The summed E-state index contributed by atoms with van der Waals surface area (Å²) in [6, 6.07) is 19.8. The standard InChI is InChI=1S/C46H61N5O8.C2HF3O2/c1-56-39-12-6-9-37(30-39)45(55)50-25-28-59-46(33-50)18-22-49(23-19-46)31-35-8-5-7-34(29-35)16-26-57-27-17-42(54)51(38-10-3-2-4-11-38)24-21-47-20-15-36-13-14-40(52)43-44(36)58-32-41(53)48-43;3-2(4,5)1(6)7/h5-9,12-14,29-30,38,47,52H,2-4,10-11,15-28,31-33H2,1H3,(H,48,53);(H,6,7). The van der Waals surface area contributed by atoms with Gasteiger partial charge in [-0.2, -0.15) is 13.2 Å². The number of phenolic OH excluding ortho intramolecular Hbond substituents is 1. The highest BCUT2D eigenvalue weighted by molar-refractivity contribution is 5.97. The number of likely N-dealkylation sites (tertiary alicyclic amines) is 1. The summed E-state index contributed by atoms with van der Waals surface area (Å²) < 4.78 is 55.1. The van der Waals surface area contributed by atoms with Gasteiger partial charge < -0.3 is 49.6 Å². The fourth-order valence-corrected chi connectivity index (χ4v) is 8.98. The number of nitrogens with zero attached hydrogens (tertiary/aromatic N) is 3. The molecular weight excluding hydrogens is 864 g/mol. The number of methoxy groups -OCH3 is 1. The maximum Gasteiger partial charge on any atom is 0.490 e. The lowest BCUT2D eigenvalue weighted by Gasteiger charge is -2.47. The van der Waals surface area contributed by atoms with Crippen molar-refractivity contribution in [2.24, 2.45) is 0 Å². The Hall–Kier alpha value is -5.43. The van der Waals surface area contributed by atoms with E-state index >= 15 is 0 Å². The van der Waals surface area contributed by atoms with E-state index in [1.807, 2.05) is 29.2 Å².